The highest BCUT2D eigenvalue weighted by molar-refractivity contribution is 5.76. The second-order valence-corrected chi connectivity index (χ2v) is 7.65. The number of carbonyl (C=O) groups is 1. The van der Waals surface area contributed by atoms with Gasteiger partial charge in [-0.15, -0.1) is 0 Å². The van der Waals surface area contributed by atoms with Crippen LogP contribution in [0.1, 0.15) is 87.8 Å². The van der Waals surface area contributed by atoms with E-state index in [-0.39, 0.29) is 5.92 Å². The summed E-state index contributed by atoms with van der Waals surface area (Å²) in [6.45, 7) is 1.61. The molecule has 2 heterocycles. The molecule has 5 nitrogen and oxygen atoms in total. The van der Waals surface area contributed by atoms with Gasteiger partial charge in [0, 0.05) is 25.4 Å². The number of amides is 1. The molecule has 5 heteroatoms. The first-order valence-corrected chi connectivity index (χ1v) is 9.41. The first-order chi connectivity index (χ1) is 11.3. The summed E-state index contributed by atoms with van der Waals surface area (Å²) in [5, 5.41) is 4.21. The molecule has 0 aromatic carbocycles. The zero-order valence-electron chi connectivity index (χ0n) is 13.9. The van der Waals surface area contributed by atoms with Crippen LogP contribution in [0.2, 0.25) is 0 Å². The van der Waals surface area contributed by atoms with Crippen molar-refractivity contribution >= 4 is 5.91 Å². The summed E-state index contributed by atoms with van der Waals surface area (Å²) in [6.07, 6.45) is 11.7. The third-order valence-corrected chi connectivity index (χ3v) is 6.01. The fourth-order valence-corrected chi connectivity index (χ4v) is 4.54. The smallest absolute Gasteiger partial charge is 0.231 e. The molecule has 0 unspecified atom stereocenters. The van der Waals surface area contributed by atoms with Crippen LogP contribution in [-0.4, -0.2) is 34.0 Å². The summed E-state index contributed by atoms with van der Waals surface area (Å²) in [6, 6.07) is 0. The van der Waals surface area contributed by atoms with Crippen LogP contribution < -0.4 is 0 Å². The fraction of sp³-hybridized carbons (Fsp3) is 0.833. The molecule has 1 atom stereocenters. The maximum Gasteiger partial charge on any atom is 0.231 e. The van der Waals surface area contributed by atoms with Crippen LogP contribution in [0.5, 0.6) is 0 Å². The van der Waals surface area contributed by atoms with Gasteiger partial charge in [0.1, 0.15) is 0 Å². The molecule has 1 saturated heterocycles. The van der Waals surface area contributed by atoms with Crippen molar-refractivity contribution < 1.29 is 9.32 Å². The third-order valence-electron chi connectivity index (χ3n) is 6.01. The molecule has 2 saturated carbocycles. The molecule has 1 amide bonds. The third kappa shape index (κ3) is 3.29. The lowest BCUT2D eigenvalue weighted by Gasteiger charge is -2.18. The van der Waals surface area contributed by atoms with Crippen molar-refractivity contribution in [3.05, 3.63) is 11.7 Å². The Kier molecular flexibility index (Phi) is 4.36. The first kappa shape index (κ1) is 15.2. The van der Waals surface area contributed by atoms with Gasteiger partial charge in [-0.05, 0) is 38.0 Å². The van der Waals surface area contributed by atoms with E-state index >= 15 is 0 Å². The number of likely N-dealkylation sites (tertiary alicyclic amines) is 1. The Hall–Kier alpha value is -1.39. The molecule has 0 N–H and O–H groups in total. The first-order valence-electron chi connectivity index (χ1n) is 9.41. The minimum Gasteiger partial charge on any atom is -0.342 e. The van der Waals surface area contributed by atoms with Crippen LogP contribution in [0.3, 0.4) is 0 Å². The normalized spacial score (nSPS) is 26.4. The fourth-order valence-electron chi connectivity index (χ4n) is 4.54. The molecule has 3 fully saturated rings. The SMILES string of the molecule is O=C(CC1CCCC1)N1CC[C@H](c2nc(C3CCCC3)no2)C1. The number of hydrogen-bond donors (Lipinski definition) is 0. The number of carbonyl (C=O) groups excluding carboxylic acids is 1. The van der Waals surface area contributed by atoms with Crippen LogP contribution in [0, 0.1) is 5.92 Å². The van der Waals surface area contributed by atoms with Gasteiger partial charge in [0.05, 0.1) is 5.92 Å². The van der Waals surface area contributed by atoms with Gasteiger partial charge in [0.15, 0.2) is 5.82 Å². The highest BCUT2D eigenvalue weighted by atomic mass is 16.5. The van der Waals surface area contributed by atoms with Crippen LogP contribution in [0.25, 0.3) is 0 Å². The molecule has 0 bridgehead atoms. The summed E-state index contributed by atoms with van der Waals surface area (Å²) < 4.78 is 5.52. The Morgan fingerprint density at radius 2 is 1.78 bits per heavy atom. The van der Waals surface area contributed by atoms with Gasteiger partial charge in [0.2, 0.25) is 11.8 Å². The minimum absolute atomic E-state index is 0.241. The second-order valence-electron chi connectivity index (χ2n) is 7.65. The van der Waals surface area contributed by atoms with E-state index in [0.29, 0.717) is 17.7 Å². The Balaban J connectivity index is 1.33. The molecule has 4 rings (SSSR count). The van der Waals surface area contributed by atoms with E-state index in [9.17, 15) is 4.79 Å². The lowest BCUT2D eigenvalue weighted by Crippen LogP contribution is -2.29. The summed E-state index contributed by atoms with van der Waals surface area (Å²) in [5.41, 5.74) is 0. The van der Waals surface area contributed by atoms with Crippen molar-refractivity contribution in [1.29, 1.82) is 0 Å². The minimum atomic E-state index is 0.241. The van der Waals surface area contributed by atoms with E-state index in [1.54, 1.807) is 0 Å². The molecule has 1 aromatic rings. The predicted octanol–water partition coefficient (Wildman–Crippen LogP) is 3.62. The van der Waals surface area contributed by atoms with Gasteiger partial charge in [-0.3, -0.25) is 4.79 Å². The van der Waals surface area contributed by atoms with Crippen molar-refractivity contribution in [1.82, 2.24) is 15.0 Å². The van der Waals surface area contributed by atoms with Crippen molar-refractivity contribution in [3.8, 4) is 0 Å². The molecule has 1 aromatic heterocycles. The Bertz CT molecular complexity index is 544. The molecule has 0 spiro atoms. The van der Waals surface area contributed by atoms with E-state index < -0.39 is 0 Å². The highest BCUT2D eigenvalue weighted by Gasteiger charge is 2.33. The number of aromatic nitrogens is 2. The van der Waals surface area contributed by atoms with Crippen LogP contribution >= 0.6 is 0 Å². The molecular formula is C18H27N3O2. The zero-order chi connectivity index (χ0) is 15.6. The monoisotopic (exact) mass is 317 g/mol. The average molecular weight is 317 g/mol. The van der Waals surface area contributed by atoms with E-state index in [4.69, 9.17) is 4.52 Å². The van der Waals surface area contributed by atoms with Crippen LogP contribution in [0.15, 0.2) is 4.52 Å². The van der Waals surface area contributed by atoms with Gasteiger partial charge >= 0.3 is 0 Å². The Labute approximate surface area is 137 Å². The van der Waals surface area contributed by atoms with Gasteiger partial charge in [-0.1, -0.05) is 30.8 Å². The molecule has 23 heavy (non-hydrogen) atoms. The van der Waals surface area contributed by atoms with E-state index in [0.717, 1.165) is 37.6 Å². The van der Waals surface area contributed by atoms with Crippen molar-refractivity contribution in [3.63, 3.8) is 0 Å². The quantitative estimate of drug-likeness (QED) is 0.851. The molecule has 0 radical (unpaired) electrons. The van der Waals surface area contributed by atoms with Crippen LogP contribution in [-0.2, 0) is 4.79 Å². The summed E-state index contributed by atoms with van der Waals surface area (Å²) >= 11 is 0. The molecule has 126 valence electrons. The van der Waals surface area contributed by atoms with Gasteiger partial charge in [-0.2, -0.15) is 4.98 Å². The van der Waals surface area contributed by atoms with Gasteiger partial charge < -0.3 is 9.42 Å². The van der Waals surface area contributed by atoms with Gasteiger partial charge in [0.25, 0.3) is 0 Å². The number of hydrogen-bond acceptors (Lipinski definition) is 4. The average Bonchev–Trinajstić information content (AvgIpc) is 3.30. The molecule has 1 aliphatic heterocycles. The van der Waals surface area contributed by atoms with E-state index in [1.165, 1.54) is 51.4 Å². The van der Waals surface area contributed by atoms with Gasteiger partial charge in [-0.25, -0.2) is 0 Å². The largest absolute Gasteiger partial charge is 0.342 e. The highest BCUT2D eigenvalue weighted by Crippen LogP contribution is 2.34. The summed E-state index contributed by atoms with van der Waals surface area (Å²) in [4.78, 5) is 19.1. The number of rotatable bonds is 4. The zero-order valence-corrected chi connectivity index (χ0v) is 13.9. The molecule has 2 aliphatic carbocycles. The Morgan fingerprint density at radius 3 is 2.57 bits per heavy atom. The maximum atomic E-state index is 12.5. The summed E-state index contributed by atoms with van der Waals surface area (Å²) in [7, 11) is 0. The van der Waals surface area contributed by atoms with E-state index in [1.807, 2.05) is 4.90 Å². The van der Waals surface area contributed by atoms with E-state index in [2.05, 4.69) is 10.1 Å². The maximum absolute atomic E-state index is 12.5. The predicted molar refractivity (Wildman–Crippen MR) is 86.0 cm³/mol. The lowest BCUT2D eigenvalue weighted by atomic mass is 10.0. The molecule has 3 aliphatic rings. The summed E-state index contributed by atoms with van der Waals surface area (Å²) in [5.74, 6) is 3.34. The molecular weight excluding hydrogens is 290 g/mol. The van der Waals surface area contributed by atoms with Crippen molar-refractivity contribution in [2.24, 2.45) is 5.92 Å². The van der Waals surface area contributed by atoms with Crippen molar-refractivity contribution in [2.45, 2.75) is 76.0 Å². The lowest BCUT2D eigenvalue weighted by molar-refractivity contribution is -0.131. The Morgan fingerprint density at radius 1 is 1.04 bits per heavy atom. The topological polar surface area (TPSA) is 59.2 Å². The number of nitrogens with zero attached hydrogens (tertiary/aromatic N) is 3. The van der Waals surface area contributed by atoms with Crippen LogP contribution in [0.4, 0.5) is 0 Å². The standard InChI is InChI=1S/C18H27N3O2/c22-16(11-13-5-1-2-6-13)21-10-9-15(12-21)18-19-17(20-23-18)14-7-3-4-8-14/h13-15H,1-12H2/t15-/m0/s1. The van der Waals surface area contributed by atoms with Crippen molar-refractivity contribution in [2.75, 3.05) is 13.1 Å². The second kappa shape index (κ2) is 6.62.